The van der Waals surface area contributed by atoms with E-state index in [1.165, 1.54) is 16.9 Å². The number of hydrogen-bond acceptors (Lipinski definition) is 5. The zero-order chi connectivity index (χ0) is 21.5. The molecular formula is C22H22ClN3O2S2. The maximum atomic E-state index is 12.9. The van der Waals surface area contributed by atoms with Gasteiger partial charge in [-0.2, -0.15) is 11.8 Å². The Bertz CT molecular complexity index is 1020. The molecule has 2 N–H and O–H groups in total. The van der Waals surface area contributed by atoms with Crippen LogP contribution in [0.5, 0.6) is 0 Å². The minimum Gasteiger partial charge on any atom is -0.340 e. The third-order valence-electron chi connectivity index (χ3n) is 4.43. The minimum atomic E-state index is -0.687. The second-order valence-electron chi connectivity index (χ2n) is 6.68. The minimum absolute atomic E-state index is 0.297. The van der Waals surface area contributed by atoms with Gasteiger partial charge < -0.3 is 10.6 Å². The van der Waals surface area contributed by atoms with E-state index in [-0.39, 0.29) is 11.8 Å². The van der Waals surface area contributed by atoms with Crippen molar-refractivity contribution in [3.05, 3.63) is 70.1 Å². The van der Waals surface area contributed by atoms with Gasteiger partial charge in [0.1, 0.15) is 6.04 Å². The Balaban J connectivity index is 1.70. The lowest BCUT2D eigenvalue weighted by atomic mass is 10.1. The fraction of sp³-hybridized carbons (Fsp3) is 0.227. The molecule has 0 aliphatic rings. The quantitative estimate of drug-likeness (QED) is 0.481. The zero-order valence-electron chi connectivity index (χ0n) is 16.6. The van der Waals surface area contributed by atoms with Gasteiger partial charge in [-0.05, 0) is 37.5 Å². The molecule has 1 atom stereocenters. The normalized spacial score (nSPS) is 11.7. The second-order valence-corrected chi connectivity index (χ2v) is 8.93. The Kier molecular flexibility index (Phi) is 7.90. The smallest absolute Gasteiger partial charge is 0.253 e. The van der Waals surface area contributed by atoms with E-state index >= 15 is 0 Å². The number of carbonyl (C=O) groups excluding carboxylic acids is 2. The van der Waals surface area contributed by atoms with E-state index in [4.69, 9.17) is 11.6 Å². The summed E-state index contributed by atoms with van der Waals surface area (Å²) in [5.74, 6) is 0.0588. The van der Waals surface area contributed by atoms with E-state index in [1.807, 2.05) is 42.8 Å². The molecular weight excluding hydrogens is 438 g/mol. The van der Waals surface area contributed by atoms with E-state index < -0.39 is 6.04 Å². The fourth-order valence-corrected chi connectivity index (χ4v) is 4.18. The lowest BCUT2D eigenvalue weighted by molar-refractivity contribution is -0.118. The van der Waals surface area contributed by atoms with Crippen LogP contribution in [0.15, 0.2) is 53.9 Å². The van der Waals surface area contributed by atoms with Crippen LogP contribution in [-0.4, -0.2) is 34.8 Å². The molecule has 156 valence electrons. The topological polar surface area (TPSA) is 71.1 Å². The van der Waals surface area contributed by atoms with Crippen molar-refractivity contribution in [2.24, 2.45) is 0 Å². The number of nitrogens with zero attached hydrogens (tertiary/aromatic N) is 1. The zero-order valence-corrected chi connectivity index (χ0v) is 19.0. The summed E-state index contributed by atoms with van der Waals surface area (Å²) in [5, 5.41) is 8.39. The largest absolute Gasteiger partial charge is 0.340 e. The molecule has 0 radical (unpaired) electrons. The van der Waals surface area contributed by atoms with Crippen LogP contribution < -0.4 is 10.6 Å². The van der Waals surface area contributed by atoms with Crippen LogP contribution in [0.25, 0.3) is 11.3 Å². The van der Waals surface area contributed by atoms with Crippen LogP contribution >= 0.6 is 34.7 Å². The van der Waals surface area contributed by atoms with Crippen molar-refractivity contribution in [1.29, 1.82) is 0 Å². The predicted octanol–water partition coefficient (Wildman–Crippen LogP) is 5.26. The summed E-state index contributed by atoms with van der Waals surface area (Å²) in [6.45, 7) is 2.03. The SMILES string of the molecule is CSCCC(NC(=O)c1ccccc1Cl)C(=O)Nc1nc(-c2ccc(C)cc2)cs1. The number of thioether (sulfide) groups is 1. The molecule has 3 aromatic rings. The van der Waals surface area contributed by atoms with Crippen LogP contribution in [0.2, 0.25) is 5.02 Å². The van der Waals surface area contributed by atoms with Gasteiger partial charge in [0, 0.05) is 10.9 Å². The van der Waals surface area contributed by atoms with Crippen LogP contribution in [0.1, 0.15) is 22.3 Å². The fourth-order valence-electron chi connectivity index (χ4n) is 2.77. The number of nitrogens with one attached hydrogen (secondary N) is 2. The number of aromatic nitrogens is 1. The third-order valence-corrected chi connectivity index (χ3v) is 6.16. The number of amides is 2. The highest BCUT2D eigenvalue weighted by molar-refractivity contribution is 7.98. The average Bonchev–Trinajstić information content (AvgIpc) is 3.20. The van der Waals surface area contributed by atoms with E-state index in [0.29, 0.717) is 22.1 Å². The Morgan fingerprint density at radius 1 is 1.17 bits per heavy atom. The third kappa shape index (κ3) is 5.84. The maximum Gasteiger partial charge on any atom is 0.253 e. The molecule has 1 unspecified atom stereocenters. The number of benzene rings is 2. The molecule has 8 heteroatoms. The molecule has 0 aliphatic carbocycles. The number of anilines is 1. The highest BCUT2D eigenvalue weighted by Gasteiger charge is 2.23. The van der Waals surface area contributed by atoms with E-state index in [1.54, 1.807) is 36.0 Å². The van der Waals surface area contributed by atoms with E-state index in [9.17, 15) is 9.59 Å². The van der Waals surface area contributed by atoms with Crippen molar-refractivity contribution in [2.75, 3.05) is 17.3 Å². The molecule has 3 rings (SSSR count). The number of thiazole rings is 1. The van der Waals surface area contributed by atoms with Crippen molar-refractivity contribution in [2.45, 2.75) is 19.4 Å². The van der Waals surface area contributed by atoms with Gasteiger partial charge in [-0.15, -0.1) is 11.3 Å². The molecule has 0 saturated heterocycles. The lowest BCUT2D eigenvalue weighted by Gasteiger charge is -2.17. The maximum absolute atomic E-state index is 12.9. The van der Waals surface area contributed by atoms with Crippen molar-refractivity contribution < 1.29 is 9.59 Å². The summed E-state index contributed by atoms with van der Waals surface area (Å²) in [4.78, 5) is 30.0. The Morgan fingerprint density at radius 2 is 1.90 bits per heavy atom. The first kappa shape index (κ1) is 22.3. The van der Waals surface area contributed by atoms with Crippen molar-refractivity contribution in [3.63, 3.8) is 0 Å². The summed E-state index contributed by atoms with van der Waals surface area (Å²) < 4.78 is 0. The second kappa shape index (κ2) is 10.6. The molecule has 1 aromatic heterocycles. The Labute approximate surface area is 189 Å². The van der Waals surface area contributed by atoms with E-state index in [2.05, 4.69) is 15.6 Å². The van der Waals surface area contributed by atoms with Gasteiger partial charge in [0.05, 0.1) is 16.3 Å². The van der Waals surface area contributed by atoms with Crippen LogP contribution in [0.4, 0.5) is 5.13 Å². The van der Waals surface area contributed by atoms with E-state index in [0.717, 1.165) is 17.0 Å². The lowest BCUT2D eigenvalue weighted by Crippen LogP contribution is -2.44. The van der Waals surface area contributed by atoms with Crippen LogP contribution in [0.3, 0.4) is 0 Å². The highest BCUT2D eigenvalue weighted by atomic mass is 35.5. The number of rotatable bonds is 8. The van der Waals surface area contributed by atoms with Crippen LogP contribution in [-0.2, 0) is 4.79 Å². The molecule has 2 aromatic carbocycles. The van der Waals surface area contributed by atoms with Crippen molar-refractivity contribution in [1.82, 2.24) is 10.3 Å². The molecule has 30 heavy (non-hydrogen) atoms. The molecule has 2 amide bonds. The summed E-state index contributed by atoms with van der Waals surface area (Å²) in [6, 6.07) is 14.1. The number of carbonyl (C=O) groups is 2. The number of aryl methyl sites for hydroxylation is 1. The number of hydrogen-bond donors (Lipinski definition) is 2. The van der Waals surface area contributed by atoms with Gasteiger partial charge in [-0.3, -0.25) is 9.59 Å². The Morgan fingerprint density at radius 3 is 2.60 bits per heavy atom. The Hall–Kier alpha value is -2.35. The molecule has 0 spiro atoms. The first-order valence-electron chi connectivity index (χ1n) is 9.35. The highest BCUT2D eigenvalue weighted by Crippen LogP contribution is 2.25. The molecule has 0 fully saturated rings. The van der Waals surface area contributed by atoms with Gasteiger partial charge in [-0.1, -0.05) is 53.6 Å². The number of halogens is 1. The molecule has 1 heterocycles. The van der Waals surface area contributed by atoms with Crippen molar-refractivity contribution >= 4 is 51.6 Å². The molecule has 0 bridgehead atoms. The summed E-state index contributed by atoms with van der Waals surface area (Å²) in [7, 11) is 0. The van der Waals surface area contributed by atoms with Gasteiger partial charge in [0.15, 0.2) is 5.13 Å². The monoisotopic (exact) mass is 459 g/mol. The molecule has 0 saturated carbocycles. The summed E-state index contributed by atoms with van der Waals surface area (Å²) >= 11 is 9.08. The summed E-state index contributed by atoms with van der Waals surface area (Å²) in [6.07, 6.45) is 2.46. The predicted molar refractivity (Wildman–Crippen MR) is 127 cm³/mol. The van der Waals surface area contributed by atoms with Crippen molar-refractivity contribution in [3.8, 4) is 11.3 Å². The summed E-state index contributed by atoms with van der Waals surface area (Å²) in [5.41, 5.74) is 3.31. The van der Waals surface area contributed by atoms with Gasteiger partial charge >= 0.3 is 0 Å². The standard InChI is InChI=1S/C22H22ClN3O2S2/c1-14-7-9-15(10-8-14)19-13-30-22(25-19)26-21(28)18(11-12-29-2)24-20(27)16-5-3-4-6-17(16)23/h3-10,13,18H,11-12H2,1-2H3,(H,24,27)(H,25,26,28). The average molecular weight is 460 g/mol. The molecule has 5 nitrogen and oxygen atoms in total. The first-order valence-corrected chi connectivity index (χ1v) is 12.0. The molecule has 0 aliphatic heterocycles. The van der Waals surface area contributed by atoms with Crippen LogP contribution in [0, 0.1) is 6.92 Å². The van der Waals surface area contributed by atoms with Gasteiger partial charge in [0.2, 0.25) is 5.91 Å². The van der Waals surface area contributed by atoms with Gasteiger partial charge in [0.25, 0.3) is 5.91 Å². The van der Waals surface area contributed by atoms with Gasteiger partial charge in [-0.25, -0.2) is 4.98 Å². The first-order chi connectivity index (χ1) is 14.5.